The molecule has 8 N–H and O–H groups in total. The first kappa shape index (κ1) is 11.8. The second-order valence-electron chi connectivity index (χ2n) is 2.94. The van der Waals surface area contributed by atoms with Gasteiger partial charge in [-0.25, -0.2) is 31.3 Å². The number of anilines is 2. The van der Waals surface area contributed by atoms with Gasteiger partial charge in [-0.15, -0.1) is 0 Å². The largest absolute Gasteiger partial charge is 0.350 e. The Bertz CT molecular complexity index is 385. The summed E-state index contributed by atoms with van der Waals surface area (Å²) in [5.41, 5.74) is 10.5. The van der Waals surface area contributed by atoms with Gasteiger partial charge in [-0.3, -0.25) is 0 Å². The van der Waals surface area contributed by atoms with Gasteiger partial charge < -0.3 is 11.5 Å². The predicted octanol–water partition coefficient (Wildman–Crippen LogP) is -0.796. The number of benzene rings is 1. The smallest absolute Gasteiger partial charge is 0.333 e. The van der Waals surface area contributed by atoms with Gasteiger partial charge in [-0.1, -0.05) is 6.07 Å². The van der Waals surface area contributed by atoms with E-state index in [2.05, 4.69) is 0 Å². The average Bonchev–Trinajstić information content (AvgIpc) is 2.26. The zero-order valence-corrected chi connectivity index (χ0v) is 8.33. The van der Waals surface area contributed by atoms with Crippen molar-refractivity contribution in [2.75, 3.05) is 10.0 Å². The molecule has 0 radical (unpaired) electrons. The van der Waals surface area contributed by atoms with Crippen molar-refractivity contribution < 1.29 is 9.59 Å². The van der Waals surface area contributed by atoms with Crippen LogP contribution in [-0.4, -0.2) is 12.1 Å². The number of urea groups is 2. The van der Waals surface area contributed by atoms with Crippen LogP contribution in [0.25, 0.3) is 0 Å². The maximum Gasteiger partial charge on any atom is 0.333 e. The zero-order chi connectivity index (χ0) is 12.3. The number of carbonyl (C=O) groups excluding carboxylic acids is 2. The molecule has 1 aromatic carbocycles. The fraction of sp³-hybridized carbons (Fsp3) is 0. The number of nitrogens with zero attached hydrogens (tertiary/aromatic N) is 2. The van der Waals surface area contributed by atoms with Crippen LogP contribution in [0.15, 0.2) is 24.3 Å². The summed E-state index contributed by atoms with van der Waals surface area (Å²) in [5, 5.41) is 1.44. The van der Waals surface area contributed by atoms with E-state index >= 15 is 0 Å². The summed E-state index contributed by atoms with van der Waals surface area (Å²) < 4.78 is 0. The van der Waals surface area contributed by atoms with Crippen molar-refractivity contribution in [3.05, 3.63) is 24.3 Å². The quantitative estimate of drug-likeness (QED) is 0.296. The lowest BCUT2D eigenvalue weighted by Gasteiger charge is -2.18. The lowest BCUT2D eigenvalue weighted by molar-refractivity contribution is 0.253. The van der Waals surface area contributed by atoms with E-state index < -0.39 is 12.1 Å². The lowest BCUT2D eigenvalue weighted by atomic mass is 10.2. The molecule has 16 heavy (non-hydrogen) atoms. The Hall–Kier alpha value is -2.32. The Balaban J connectivity index is 3.04. The molecule has 0 aliphatic carbocycles. The normalized spacial score (nSPS) is 9.62. The Morgan fingerprint density at radius 1 is 0.938 bits per heavy atom. The molecule has 8 heteroatoms. The first-order valence-corrected chi connectivity index (χ1v) is 4.22. The van der Waals surface area contributed by atoms with Crippen LogP contribution in [0.3, 0.4) is 0 Å². The van der Waals surface area contributed by atoms with E-state index in [0.29, 0.717) is 11.4 Å². The van der Waals surface area contributed by atoms with Gasteiger partial charge >= 0.3 is 12.1 Å². The summed E-state index contributed by atoms with van der Waals surface area (Å²) in [7, 11) is 0. The number of amides is 4. The maximum atomic E-state index is 10.8. The van der Waals surface area contributed by atoms with Crippen molar-refractivity contribution in [3.63, 3.8) is 0 Å². The Labute approximate surface area is 91.3 Å². The van der Waals surface area contributed by atoms with E-state index in [9.17, 15) is 9.59 Å². The number of primary amides is 2. The molecule has 1 aromatic rings. The summed E-state index contributed by atoms with van der Waals surface area (Å²) in [6, 6.07) is 4.34. The number of carbonyl (C=O) groups is 2. The van der Waals surface area contributed by atoms with Crippen LogP contribution in [0, 0.1) is 0 Å². The number of hydrogen-bond donors (Lipinski definition) is 4. The van der Waals surface area contributed by atoms with Gasteiger partial charge in [0.1, 0.15) is 0 Å². The molecule has 0 aromatic heterocycles. The zero-order valence-electron chi connectivity index (χ0n) is 8.33. The Morgan fingerprint density at radius 3 is 1.62 bits per heavy atom. The van der Waals surface area contributed by atoms with E-state index in [0.717, 1.165) is 10.0 Å². The first-order valence-electron chi connectivity index (χ1n) is 4.22. The van der Waals surface area contributed by atoms with Gasteiger partial charge in [-0.2, -0.15) is 0 Å². The van der Waals surface area contributed by atoms with Gasteiger partial charge in [-0.05, 0) is 18.2 Å². The third kappa shape index (κ3) is 2.38. The Kier molecular flexibility index (Phi) is 3.28. The van der Waals surface area contributed by atoms with Crippen LogP contribution in [0.4, 0.5) is 21.0 Å². The van der Waals surface area contributed by atoms with Crippen molar-refractivity contribution in [2.45, 2.75) is 0 Å². The second kappa shape index (κ2) is 4.47. The number of hydrogen-bond acceptors (Lipinski definition) is 4. The molecule has 0 aliphatic rings. The molecule has 0 unspecified atom stereocenters. The van der Waals surface area contributed by atoms with Crippen molar-refractivity contribution in [3.8, 4) is 0 Å². The van der Waals surface area contributed by atoms with Crippen LogP contribution in [-0.2, 0) is 0 Å². The molecule has 0 spiro atoms. The molecular formula is C8H12N6O2. The number of rotatable bonds is 2. The van der Waals surface area contributed by atoms with E-state index in [-0.39, 0.29) is 0 Å². The van der Waals surface area contributed by atoms with Crippen LogP contribution in [0.1, 0.15) is 0 Å². The van der Waals surface area contributed by atoms with Crippen LogP contribution >= 0.6 is 0 Å². The topological polar surface area (TPSA) is 145 Å². The highest BCUT2D eigenvalue weighted by atomic mass is 16.2. The second-order valence-corrected chi connectivity index (χ2v) is 2.94. The fourth-order valence-corrected chi connectivity index (χ4v) is 1.05. The molecule has 0 bridgehead atoms. The van der Waals surface area contributed by atoms with E-state index in [1.54, 1.807) is 6.07 Å². The van der Waals surface area contributed by atoms with Crippen molar-refractivity contribution in [2.24, 2.45) is 23.2 Å². The van der Waals surface area contributed by atoms with Crippen molar-refractivity contribution in [1.82, 2.24) is 0 Å². The summed E-state index contributed by atoms with van der Waals surface area (Å²) in [4.78, 5) is 21.6. The molecule has 0 fully saturated rings. The molecule has 0 saturated carbocycles. The van der Waals surface area contributed by atoms with E-state index in [1.165, 1.54) is 18.2 Å². The first-order chi connectivity index (χ1) is 7.43. The van der Waals surface area contributed by atoms with Gasteiger partial charge in [0, 0.05) is 0 Å². The minimum Gasteiger partial charge on any atom is -0.350 e. The molecular weight excluding hydrogens is 212 g/mol. The molecule has 0 atom stereocenters. The van der Waals surface area contributed by atoms with Crippen molar-refractivity contribution in [1.29, 1.82) is 0 Å². The molecule has 0 aliphatic heterocycles. The average molecular weight is 224 g/mol. The summed E-state index contributed by atoms with van der Waals surface area (Å²) in [6.45, 7) is 0. The molecule has 86 valence electrons. The summed E-state index contributed by atoms with van der Waals surface area (Å²) in [5.74, 6) is 10.7. The third-order valence-corrected chi connectivity index (χ3v) is 1.86. The fourth-order valence-electron chi connectivity index (χ4n) is 1.05. The standard InChI is InChI=1S/C8H12N6O2/c9-7(15)13(11)5-2-1-3-6(4-5)14(12)8(10)16/h1-4H,11-12H2,(H2,9,15)(H2,10,16). The minimum absolute atomic E-state index is 0.293. The molecule has 8 nitrogen and oxygen atoms in total. The van der Waals surface area contributed by atoms with Crippen LogP contribution in [0.5, 0.6) is 0 Å². The molecule has 0 saturated heterocycles. The minimum atomic E-state index is -0.834. The summed E-state index contributed by atoms with van der Waals surface area (Å²) >= 11 is 0. The highest BCUT2D eigenvalue weighted by molar-refractivity contribution is 5.93. The van der Waals surface area contributed by atoms with Crippen LogP contribution < -0.4 is 33.2 Å². The highest BCUT2D eigenvalue weighted by Crippen LogP contribution is 2.19. The van der Waals surface area contributed by atoms with Crippen LogP contribution in [0.2, 0.25) is 0 Å². The summed E-state index contributed by atoms with van der Waals surface area (Å²) in [6.07, 6.45) is 0. The SMILES string of the molecule is NC(=O)N(N)c1cccc(N(N)C(N)=O)c1. The molecule has 0 heterocycles. The van der Waals surface area contributed by atoms with Gasteiger partial charge in [0.05, 0.1) is 11.4 Å². The number of hydrazine groups is 2. The van der Waals surface area contributed by atoms with Crippen molar-refractivity contribution >= 4 is 23.4 Å². The predicted molar refractivity (Wildman–Crippen MR) is 58.9 cm³/mol. The van der Waals surface area contributed by atoms with E-state index in [1.807, 2.05) is 0 Å². The third-order valence-electron chi connectivity index (χ3n) is 1.86. The van der Waals surface area contributed by atoms with Gasteiger partial charge in [0.2, 0.25) is 0 Å². The monoisotopic (exact) mass is 224 g/mol. The van der Waals surface area contributed by atoms with Gasteiger partial charge in [0.25, 0.3) is 0 Å². The van der Waals surface area contributed by atoms with E-state index in [4.69, 9.17) is 23.2 Å². The highest BCUT2D eigenvalue weighted by Gasteiger charge is 2.11. The Morgan fingerprint density at radius 2 is 1.31 bits per heavy atom. The maximum absolute atomic E-state index is 10.8. The molecule has 4 amide bonds. The lowest BCUT2D eigenvalue weighted by Crippen LogP contribution is -2.43. The van der Waals surface area contributed by atoms with Gasteiger partial charge in [0.15, 0.2) is 0 Å². The molecule has 1 rings (SSSR count). The number of nitrogens with two attached hydrogens (primary N) is 4.